The lowest BCUT2D eigenvalue weighted by atomic mass is 9.95. The molecule has 0 radical (unpaired) electrons. The van der Waals surface area contributed by atoms with Gasteiger partial charge in [-0.1, -0.05) is 0 Å². The molecule has 1 amide bonds. The molecule has 2 saturated heterocycles. The zero-order valence-corrected chi connectivity index (χ0v) is 18.1. The van der Waals surface area contributed by atoms with Crippen LogP contribution >= 0.6 is 0 Å². The van der Waals surface area contributed by atoms with Crippen LogP contribution in [0.25, 0.3) is 11.3 Å². The van der Waals surface area contributed by atoms with E-state index in [-0.39, 0.29) is 34.7 Å². The molecule has 2 fully saturated rings. The smallest absolute Gasteiger partial charge is 0.256 e. The van der Waals surface area contributed by atoms with Crippen molar-refractivity contribution in [2.24, 2.45) is 0 Å². The third-order valence-electron chi connectivity index (χ3n) is 6.65. The maximum absolute atomic E-state index is 15.1. The molecule has 31 heavy (non-hydrogen) atoms. The minimum absolute atomic E-state index is 0.0678. The Hall–Kier alpha value is -2.81. The zero-order valence-electron chi connectivity index (χ0n) is 18.1. The van der Waals surface area contributed by atoms with Crippen LogP contribution in [0.2, 0.25) is 0 Å². The van der Waals surface area contributed by atoms with Gasteiger partial charge >= 0.3 is 0 Å². The van der Waals surface area contributed by atoms with Gasteiger partial charge in [0.2, 0.25) is 0 Å². The number of carbonyl (C=O) groups is 1. The first-order valence-corrected chi connectivity index (χ1v) is 10.4. The number of benzene rings is 1. The van der Waals surface area contributed by atoms with E-state index in [0.717, 1.165) is 31.4 Å². The molecule has 2 aliphatic heterocycles. The molecule has 4 atom stereocenters. The number of aromatic hydroxyl groups is 1. The number of nitrogens with zero attached hydrogens (tertiary/aromatic N) is 5. The Morgan fingerprint density at radius 2 is 1.94 bits per heavy atom. The van der Waals surface area contributed by atoms with Gasteiger partial charge in [-0.15, -0.1) is 10.2 Å². The number of phenolic OH excluding ortho intramolecular Hbond substituents is 1. The van der Waals surface area contributed by atoms with Crippen LogP contribution in [-0.2, 0) is 0 Å². The monoisotopic (exact) mass is 431 g/mol. The van der Waals surface area contributed by atoms with Gasteiger partial charge in [-0.05, 0) is 50.6 Å². The Kier molecular flexibility index (Phi) is 5.55. The van der Waals surface area contributed by atoms with E-state index in [4.69, 9.17) is 0 Å². The highest BCUT2D eigenvalue weighted by atomic mass is 19.1. The molecular formula is C22H27F2N5O2. The molecule has 2 aliphatic rings. The molecule has 0 saturated carbocycles. The summed E-state index contributed by atoms with van der Waals surface area (Å²) in [5.74, 6) is -1.05. The third kappa shape index (κ3) is 3.71. The Labute approximate surface area is 180 Å². The highest BCUT2D eigenvalue weighted by Crippen LogP contribution is 2.39. The molecule has 0 spiro atoms. The number of piperidine rings is 1. The van der Waals surface area contributed by atoms with Crippen molar-refractivity contribution in [3.63, 3.8) is 0 Å². The highest BCUT2D eigenvalue weighted by Gasteiger charge is 2.47. The van der Waals surface area contributed by atoms with Gasteiger partial charge in [-0.2, -0.15) is 0 Å². The largest absolute Gasteiger partial charge is 0.507 e. The van der Waals surface area contributed by atoms with Crippen LogP contribution < -0.4 is 4.90 Å². The third-order valence-corrected chi connectivity index (χ3v) is 6.65. The summed E-state index contributed by atoms with van der Waals surface area (Å²) in [7, 11) is 6.81. The van der Waals surface area contributed by atoms with E-state index in [2.05, 4.69) is 15.1 Å². The average Bonchev–Trinajstić information content (AvgIpc) is 3.01. The van der Waals surface area contributed by atoms with Gasteiger partial charge in [-0.25, -0.2) is 8.78 Å². The van der Waals surface area contributed by atoms with E-state index in [1.165, 1.54) is 19.0 Å². The van der Waals surface area contributed by atoms with E-state index in [1.54, 1.807) is 12.1 Å². The normalized spacial score (nSPS) is 25.5. The minimum atomic E-state index is -0.977. The standard InChI is InChI=1S/C22H27F2N5O2/c1-27(2)22(31)13-11-19(30)14(10-15(13)23)16-6-8-20(26-25-16)29(4)18-9-12-5-7-17(21(18)24)28(12)3/h6,8,10-12,17-18,21,30H,5,7,9H2,1-4H3/t12-,17+,18-,21+/m1/s1. The number of rotatable bonds is 4. The Morgan fingerprint density at radius 1 is 1.19 bits per heavy atom. The van der Waals surface area contributed by atoms with Gasteiger partial charge < -0.3 is 14.9 Å². The lowest BCUT2D eigenvalue weighted by molar-refractivity contribution is 0.0701. The fourth-order valence-electron chi connectivity index (χ4n) is 4.74. The van der Waals surface area contributed by atoms with Gasteiger partial charge in [0.05, 0.1) is 17.3 Å². The Balaban J connectivity index is 1.56. The summed E-state index contributed by atoms with van der Waals surface area (Å²) in [5.41, 5.74) is 0.175. The van der Waals surface area contributed by atoms with E-state index < -0.39 is 17.9 Å². The number of carbonyl (C=O) groups excluding carboxylic acids is 1. The summed E-state index contributed by atoms with van der Waals surface area (Å²) < 4.78 is 29.6. The predicted octanol–water partition coefficient (Wildman–Crippen LogP) is 2.70. The lowest BCUT2D eigenvalue weighted by Gasteiger charge is -2.43. The van der Waals surface area contributed by atoms with E-state index in [0.29, 0.717) is 11.9 Å². The number of anilines is 1. The fraction of sp³-hybridized carbons (Fsp3) is 0.500. The Morgan fingerprint density at radius 3 is 2.58 bits per heavy atom. The van der Waals surface area contributed by atoms with Crippen molar-refractivity contribution < 1.29 is 18.7 Å². The maximum Gasteiger partial charge on any atom is 0.256 e. The van der Waals surface area contributed by atoms with Crippen LogP contribution in [0.3, 0.4) is 0 Å². The number of aromatic nitrogens is 2. The maximum atomic E-state index is 15.1. The van der Waals surface area contributed by atoms with Gasteiger partial charge in [0.25, 0.3) is 5.91 Å². The molecule has 1 aromatic carbocycles. The zero-order chi connectivity index (χ0) is 22.4. The number of amides is 1. The molecule has 4 rings (SSSR count). The first-order valence-electron chi connectivity index (χ1n) is 10.4. The van der Waals surface area contributed by atoms with Gasteiger partial charge in [0.15, 0.2) is 5.82 Å². The number of phenols is 1. The molecule has 0 unspecified atom stereocenters. The van der Waals surface area contributed by atoms with Crippen LogP contribution in [0.15, 0.2) is 24.3 Å². The van der Waals surface area contributed by atoms with Gasteiger partial charge in [0, 0.05) is 38.8 Å². The van der Waals surface area contributed by atoms with Gasteiger partial charge in [-0.3, -0.25) is 9.69 Å². The number of hydrogen-bond donors (Lipinski definition) is 1. The quantitative estimate of drug-likeness (QED) is 0.803. The van der Waals surface area contributed by atoms with Crippen LogP contribution in [0.5, 0.6) is 5.75 Å². The SMILES string of the molecule is CN(C)C(=O)c1cc(O)c(-c2ccc(N(C)[C@@H]3C[C@H]4CC[C@@H]([C@@H]3F)N4C)nn2)cc1F. The summed E-state index contributed by atoms with van der Waals surface area (Å²) in [5, 5.41) is 18.7. The first-order chi connectivity index (χ1) is 14.7. The molecule has 1 aromatic heterocycles. The average molecular weight is 431 g/mol. The molecule has 0 aliphatic carbocycles. The van der Waals surface area contributed by atoms with Crippen molar-refractivity contribution in [2.75, 3.05) is 33.1 Å². The van der Waals surface area contributed by atoms with Crippen molar-refractivity contribution in [1.82, 2.24) is 20.0 Å². The molecule has 2 bridgehead atoms. The minimum Gasteiger partial charge on any atom is -0.507 e. The molecule has 3 heterocycles. The summed E-state index contributed by atoms with van der Waals surface area (Å²) in [6.07, 6.45) is 1.62. The second-order valence-electron chi connectivity index (χ2n) is 8.65. The predicted molar refractivity (Wildman–Crippen MR) is 113 cm³/mol. The van der Waals surface area contributed by atoms with Crippen LogP contribution in [0, 0.1) is 5.82 Å². The second kappa shape index (κ2) is 8.03. The fourth-order valence-corrected chi connectivity index (χ4v) is 4.74. The molecule has 2 aromatic rings. The van der Waals surface area contributed by atoms with E-state index >= 15 is 4.39 Å². The van der Waals surface area contributed by atoms with Crippen LogP contribution in [0.4, 0.5) is 14.6 Å². The second-order valence-corrected chi connectivity index (χ2v) is 8.65. The summed E-state index contributed by atoms with van der Waals surface area (Å²) >= 11 is 0. The molecule has 166 valence electrons. The highest BCUT2D eigenvalue weighted by molar-refractivity contribution is 5.95. The molecule has 1 N–H and O–H groups in total. The number of alkyl halides is 1. The number of halogens is 2. The lowest BCUT2D eigenvalue weighted by Crippen LogP contribution is -2.56. The van der Waals surface area contributed by atoms with Crippen molar-refractivity contribution in [1.29, 1.82) is 0 Å². The summed E-state index contributed by atoms with van der Waals surface area (Å²) in [4.78, 5) is 17.2. The molecule has 7 nitrogen and oxygen atoms in total. The van der Waals surface area contributed by atoms with Gasteiger partial charge in [0.1, 0.15) is 17.7 Å². The van der Waals surface area contributed by atoms with Crippen molar-refractivity contribution in [3.8, 4) is 17.0 Å². The first kappa shape index (κ1) is 21.4. The number of fused-ring (bicyclic) bond motifs is 2. The van der Waals surface area contributed by atoms with E-state index in [1.807, 2.05) is 19.0 Å². The topological polar surface area (TPSA) is 72.8 Å². The summed E-state index contributed by atoms with van der Waals surface area (Å²) in [6.45, 7) is 0. The molecule has 9 heteroatoms. The number of hydrogen-bond acceptors (Lipinski definition) is 6. The summed E-state index contributed by atoms with van der Waals surface area (Å²) in [6, 6.07) is 5.49. The van der Waals surface area contributed by atoms with E-state index in [9.17, 15) is 14.3 Å². The Bertz CT molecular complexity index is 985. The van der Waals surface area contributed by atoms with Crippen molar-refractivity contribution in [3.05, 3.63) is 35.6 Å². The molecular weight excluding hydrogens is 404 g/mol. The van der Waals surface area contributed by atoms with Crippen molar-refractivity contribution >= 4 is 11.7 Å². The van der Waals surface area contributed by atoms with Crippen molar-refractivity contribution in [2.45, 2.75) is 43.6 Å². The van der Waals surface area contributed by atoms with Crippen LogP contribution in [0.1, 0.15) is 29.6 Å². The van der Waals surface area contributed by atoms with Crippen LogP contribution in [-0.4, -0.2) is 83.5 Å².